The van der Waals surface area contributed by atoms with Crippen LogP contribution in [0.4, 0.5) is 5.13 Å². The van der Waals surface area contributed by atoms with Gasteiger partial charge in [0.15, 0.2) is 5.13 Å². The summed E-state index contributed by atoms with van der Waals surface area (Å²) in [5, 5.41) is 5.06. The number of thiazole rings is 1. The monoisotopic (exact) mass is 433 g/mol. The third-order valence-corrected chi connectivity index (χ3v) is 7.14. The Morgan fingerprint density at radius 1 is 1.18 bits per heavy atom. The predicted octanol–water partition coefficient (Wildman–Crippen LogP) is 3.25. The molecular weight excluding hydrogens is 418 g/mol. The first kappa shape index (κ1) is 17.8. The predicted molar refractivity (Wildman–Crippen MR) is 112 cm³/mol. The SMILES string of the molecule is O=C(C1CC(c2ccc(Cl)s2)=NO1)N1CCN(c2nc3cccnc3s2)CC1. The molecule has 1 saturated heterocycles. The van der Waals surface area contributed by atoms with E-state index in [1.165, 1.54) is 11.3 Å². The van der Waals surface area contributed by atoms with Crippen LogP contribution in [-0.4, -0.2) is 58.8 Å². The van der Waals surface area contributed by atoms with Crippen LogP contribution in [0.15, 0.2) is 35.6 Å². The third kappa shape index (κ3) is 3.34. The van der Waals surface area contributed by atoms with Crippen molar-refractivity contribution in [2.45, 2.75) is 12.5 Å². The van der Waals surface area contributed by atoms with Crippen molar-refractivity contribution in [1.82, 2.24) is 14.9 Å². The molecule has 144 valence electrons. The molecule has 1 atom stereocenters. The second-order valence-electron chi connectivity index (χ2n) is 6.58. The van der Waals surface area contributed by atoms with Crippen molar-refractivity contribution < 1.29 is 9.63 Å². The lowest BCUT2D eigenvalue weighted by molar-refractivity contribution is -0.142. The number of rotatable bonds is 3. The molecule has 5 heterocycles. The number of pyridine rings is 1. The van der Waals surface area contributed by atoms with Gasteiger partial charge in [0, 0.05) is 38.8 Å². The standard InChI is InChI=1S/C18H16ClN5O2S2/c19-15-4-3-14(27-15)12-10-13(26-22-12)17(25)23-6-8-24(9-7-23)18-21-11-2-1-5-20-16(11)28-18/h1-5,13H,6-10H2. The highest BCUT2D eigenvalue weighted by Gasteiger charge is 2.34. The van der Waals surface area contributed by atoms with Crippen LogP contribution >= 0.6 is 34.3 Å². The minimum Gasteiger partial charge on any atom is -0.382 e. The molecule has 0 saturated carbocycles. The van der Waals surface area contributed by atoms with Crippen molar-refractivity contribution >= 4 is 61.4 Å². The summed E-state index contributed by atoms with van der Waals surface area (Å²) in [7, 11) is 0. The van der Waals surface area contributed by atoms with E-state index in [1.54, 1.807) is 17.5 Å². The summed E-state index contributed by atoms with van der Waals surface area (Å²) in [6.07, 6.45) is 1.72. The Labute approximate surface area is 174 Å². The maximum absolute atomic E-state index is 12.8. The lowest BCUT2D eigenvalue weighted by Crippen LogP contribution is -2.51. The Hall–Kier alpha value is -2.23. The van der Waals surface area contributed by atoms with Crippen molar-refractivity contribution in [3.63, 3.8) is 0 Å². The summed E-state index contributed by atoms with van der Waals surface area (Å²) in [4.78, 5) is 33.2. The maximum Gasteiger partial charge on any atom is 0.267 e. The van der Waals surface area contributed by atoms with Crippen LogP contribution in [0, 0.1) is 0 Å². The molecular formula is C18H16ClN5O2S2. The number of fused-ring (bicyclic) bond motifs is 1. The van der Waals surface area contributed by atoms with Crippen LogP contribution in [0.1, 0.15) is 11.3 Å². The summed E-state index contributed by atoms with van der Waals surface area (Å²) in [5.41, 5.74) is 1.70. The number of nitrogens with zero attached hydrogens (tertiary/aromatic N) is 5. The number of hydrogen-bond acceptors (Lipinski definition) is 8. The summed E-state index contributed by atoms with van der Waals surface area (Å²) in [5.74, 6) is -0.00739. The smallest absolute Gasteiger partial charge is 0.267 e. The maximum atomic E-state index is 12.8. The highest BCUT2D eigenvalue weighted by atomic mass is 35.5. The van der Waals surface area contributed by atoms with Crippen molar-refractivity contribution in [2.75, 3.05) is 31.1 Å². The van der Waals surface area contributed by atoms with Gasteiger partial charge in [-0.1, -0.05) is 28.1 Å². The Morgan fingerprint density at radius 2 is 2.04 bits per heavy atom. The minimum atomic E-state index is -0.547. The Morgan fingerprint density at radius 3 is 2.79 bits per heavy atom. The van der Waals surface area contributed by atoms with E-state index in [2.05, 4.69) is 20.0 Å². The van der Waals surface area contributed by atoms with E-state index >= 15 is 0 Å². The largest absolute Gasteiger partial charge is 0.382 e. The number of aromatic nitrogens is 2. The average Bonchev–Trinajstić information content (AvgIpc) is 3.46. The molecule has 1 unspecified atom stereocenters. The number of carbonyl (C=O) groups excluding carboxylic acids is 1. The molecule has 1 fully saturated rings. The molecule has 1 amide bonds. The third-order valence-electron chi connectivity index (χ3n) is 4.82. The number of hydrogen-bond donors (Lipinski definition) is 0. The van der Waals surface area contributed by atoms with E-state index in [0.29, 0.717) is 23.8 Å². The van der Waals surface area contributed by atoms with Gasteiger partial charge in [-0.05, 0) is 24.3 Å². The Kier molecular flexibility index (Phi) is 4.65. The van der Waals surface area contributed by atoms with E-state index < -0.39 is 6.10 Å². The average molecular weight is 434 g/mol. The van der Waals surface area contributed by atoms with Gasteiger partial charge in [-0.15, -0.1) is 11.3 Å². The number of thiophene rings is 1. The van der Waals surface area contributed by atoms with Gasteiger partial charge < -0.3 is 14.6 Å². The van der Waals surface area contributed by atoms with Crippen LogP contribution in [0.25, 0.3) is 10.3 Å². The zero-order chi connectivity index (χ0) is 19.1. The van der Waals surface area contributed by atoms with Gasteiger partial charge in [-0.25, -0.2) is 9.97 Å². The van der Waals surface area contributed by atoms with Gasteiger partial charge in [0.1, 0.15) is 16.1 Å². The van der Waals surface area contributed by atoms with Crippen LogP contribution in [-0.2, 0) is 9.63 Å². The van der Waals surface area contributed by atoms with Crippen molar-refractivity contribution in [1.29, 1.82) is 0 Å². The fourth-order valence-electron chi connectivity index (χ4n) is 3.34. The molecule has 0 spiro atoms. The van der Waals surface area contributed by atoms with Crippen molar-refractivity contribution in [2.24, 2.45) is 5.16 Å². The molecule has 10 heteroatoms. The number of halogens is 1. The molecule has 28 heavy (non-hydrogen) atoms. The van der Waals surface area contributed by atoms with Crippen LogP contribution in [0.3, 0.4) is 0 Å². The fraction of sp³-hybridized carbons (Fsp3) is 0.333. The molecule has 5 rings (SSSR count). The van der Waals surface area contributed by atoms with Gasteiger partial charge in [0.25, 0.3) is 5.91 Å². The number of carbonyl (C=O) groups is 1. The fourth-order valence-corrected chi connectivity index (χ4v) is 5.33. The molecule has 0 N–H and O–H groups in total. The molecule has 0 aromatic carbocycles. The van der Waals surface area contributed by atoms with Gasteiger partial charge in [0.2, 0.25) is 6.10 Å². The van der Waals surface area contributed by atoms with Gasteiger partial charge >= 0.3 is 0 Å². The van der Waals surface area contributed by atoms with Gasteiger partial charge in [-0.3, -0.25) is 4.79 Å². The van der Waals surface area contributed by atoms with Gasteiger partial charge in [0.05, 0.1) is 9.21 Å². The molecule has 2 aliphatic rings. The number of piperazine rings is 1. The lowest BCUT2D eigenvalue weighted by Gasteiger charge is -2.35. The van der Waals surface area contributed by atoms with E-state index in [4.69, 9.17) is 16.4 Å². The first-order valence-corrected chi connectivity index (χ1v) is 10.9. The Bertz CT molecular complexity index is 1020. The number of amides is 1. The van der Waals surface area contributed by atoms with Crippen LogP contribution in [0.5, 0.6) is 0 Å². The molecule has 0 radical (unpaired) electrons. The lowest BCUT2D eigenvalue weighted by atomic mass is 10.1. The number of oxime groups is 1. The highest BCUT2D eigenvalue weighted by Crippen LogP contribution is 2.29. The summed E-state index contributed by atoms with van der Waals surface area (Å²) < 4.78 is 0.702. The molecule has 7 nitrogen and oxygen atoms in total. The van der Waals surface area contributed by atoms with E-state index in [1.807, 2.05) is 29.2 Å². The van der Waals surface area contributed by atoms with Crippen LogP contribution < -0.4 is 4.90 Å². The molecule has 3 aromatic heterocycles. The van der Waals surface area contributed by atoms with Crippen molar-refractivity contribution in [3.05, 3.63) is 39.7 Å². The van der Waals surface area contributed by atoms with Crippen molar-refractivity contribution in [3.8, 4) is 0 Å². The quantitative estimate of drug-likeness (QED) is 0.634. The minimum absolute atomic E-state index is 0.00739. The first-order chi connectivity index (χ1) is 13.7. The van der Waals surface area contributed by atoms with E-state index in [0.717, 1.165) is 39.2 Å². The van der Waals surface area contributed by atoms with Gasteiger partial charge in [-0.2, -0.15) is 0 Å². The zero-order valence-corrected chi connectivity index (χ0v) is 17.1. The molecule has 0 bridgehead atoms. The second kappa shape index (κ2) is 7.31. The topological polar surface area (TPSA) is 70.9 Å². The number of anilines is 1. The van der Waals surface area contributed by atoms with E-state index in [-0.39, 0.29) is 5.91 Å². The first-order valence-electron chi connectivity index (χ1n) is 8.91. The molecule has 3 aromatic rings. The van der Waals surface area contributed by atoms with E-state index in [9.17, 15) is 4.79 Å². The highest BCUT2D eigenvalue weighted by molar-refractivity contribution is 7.21. The van der Waals surface area contributed by atoms with Crippen LogP contribution in [0.2, 0.25) is 4.34 Å². The summed E-state index contributed by atoms with van der Waals surface area (Å²) >= 11 is 9.02. The zero-order valence-electron chi connectivity index (χ0n) is 14.7. The second-order valence-corrected chi connectivity index (χ2v) is 9.25. The molecule has 0 aliphatic carbocycles. The summed E-state index contributed by atoms with van der Waals surface area (Å²) in [6.45, 7) is 2.77. The summed E-state index contributed by atoms with van der Waals surface area (Å²) in [6, 6.07) is 7.60. The normalized spacial score (nSPS) is 19.8. The Balaban J connectivity index is 1.19. The molecule has 2 aliphatic heterocycles.